The first-order valence-corrected chi connectivity index (χ1v) is 12.3. The number of unbranched alkanes of at least 4 members (excludes halogenated alkanes) is 3. The number of nitrogens with zero attached hydrogens (tertiary/aromatic N) is 2. The predicted molar refractivity (Wildman–Crippen MR) is 129 cm³/mol. The van der Waals surface area contributed by atoms with E-state index in [9.17, 15) is 4.79 Å². The van der Waals surface area contributed by atoms with Gasteiger partial charge in [0.2, 0.25) is 5.91 Å². The van der Waals surface area contributed by atoms with Crippen LogP contribution < -0.4 is 20.1 Å². The minimum absolute atomic E-state index is 0.0426. The highest BCUT2D eigenvalue weighted by Crippen LogP contribution is 2.41. The number of hydrogen-bond acceptors (Lipinski definition) is 8. The Kier molecular flexibility index (Phi) is 8.60. The first kappa shape index (κ1) is 23.4. The van der Waals surface area contributed by atoms with Crippen molar-refractivity contribution in [1.82, 2.24) is 10.3 Å². The van der Waals surface area contributed by atoms with Crippen LogP contribution in [0.5, 0.6) is 11.5 Å². The molecule has 1 amide bonds. The van der Waals surface area contributed by atoms with Crippen molar-refractivity contribution < 1.29 is 14.3 Å². The third-order valence-corrected chi connectivity index (χ3v) is 7.06. The maximum atomic E-state index is 12.2. The molecule has 2 atom stereocenters. The molecule has 0 aliphatic carbocycles. The number of thiazole rings is 1. The minimum Gasteiger partial charge on any atom is -0.497 e. The number of methoxy groups -OCH3 is 2. The molecule has 2 N–H and O–H groups in total. The molecule has 1 aromatic carbocycles. The minimum atomic E-state index is 0.0426. The van der Waals surface area contributed by atoms with Crippen molar-refractivity contribution in [3.8, 4) is 11.5 Å². The van der Waals surface area contributed by atoms with Crippen molar-refractivity contribution in [3.05, 3.63) is 29.3 Å². The monoisotopic (exact) mass is 462 g/mol. The quantitative estimate of drug-likeness (QED) is 0.452. The first-order valence-electron chi connectivity index (χ1n) is 10.5. The number of aromatic nitrogens is 1. The average molecular weight is 463 g/mol. The summed E-state index contributed by atoms with van der Waals surface area (Å²) < 4.78 is 10.7. The lowest BCUT2D eigenvalue weighted by atomic mass is 10.1. The number of thioether (sulfide) groups is 1. The van der Waals surface area contributed by atoms with Gasteiger partial charge in [0.1, 0.15) is 11.5 Å². The number of carbonyl (C=O) groups is 1. The van der Waals surface area contributed by atoms with Crippen LogP contribution in [0.15, 0.2) is 28.6 Å². The molecular formula is C22H30N4O3S2. The van der Waals surface area contributed by atoms with E-state index in [1.807, 2.05) is 23.6 Å². The molecule has 31 heavy (non-hydrogen) atoms. The van der Waals surface area contributed by atoms with Crippen LogP contribution in [0.2, 0.25) is 0 Å². The highest BCUT2D eigenvalue weighted by atomic mass is 32.2. The lowest BCUT2D eigenvalue weighted by Crippen LogP contribution is -2.27. The third kappa shape index (κ3) is 6.36. The highest BCUT2D eigenvalue weighted by molar-refractivity contribution is 8.14. The van der Waals surface area contributed by atoms with Crippen LogP contribution in [0.25, 0.3) is 0 Å². The molecule has 0 spiro atoms. The maximum Gasteiger partial charge on any atom is 0.225 e. The summed E-state index contributed by atoms with van der Waals surface area (Å²) >= 11 is 3.09. The molecular weight excluding hydrogens is 432 g/mol. The number of rotatable bonds is 10. The summed E-state index contributed by atoms with van der Waals surface area (Å²) in [6.45, 7) is 4.22. The molecule has 7 nitrogen and oxygen atoms in total. The number of carbonyl (C=O) groups excluding carboxylic acids is 1. The Morgan fingerprint density at radius 2 is 2.03 bits per heavy atom. The van der Waals surface area contributed by atoms with E-state index in [1.165, 1.54) is 24.2 Å². The van der Waals surface area contributed by atoms with Crippen molar-refractivity contribution in [3.63, 3.8) is 0 Å². The van der Waals surface area contributed by atoms with Gasteiger partial charge in [-0.1, -0.05) is 37.9 Å². The van der Waals surface area contributed by atoms with Gasteiger partial charge in [0, 0.05) is 17.9 Å². The van der Waals surface area contributed by atoms with Gasteiger partial charge in [0.25, 0.3) is 0 Å². The van der Waals surface area contributed by atoms with Gasteiger partial charge in [-0.15, -0.1) is 11.3 Å². The molecule has 2 heterocycles. The van der Waals surface area contributed by atoms with E-state index in [0.29, 0.717) is 17.3 Å². The van der Waals surface area contributed by atoms with Crippen molar-refractivity contribution in [2.24, 2.45) is 4.99 Å². The van der Waals surface area contributed by atoms with Crippen LogP contribution in [-0.2, 0) is 4.79 Å². The summed E-state index contributed by atoms with van der Waals surface area (Å²) in [6, 6.07) is 5.63. The molecule has 0 bridgehead atoms. The summed E-state index contributed by atoms with van der Waals surface area (Å²) in [5.41, 5.74) is 1.74. The van der Waals surface area contributed by atoms with Gasteiger partial charge in [-0.05, 0) is 25.5 Å². The normalized spacial score (nSPS) is 17.9. The standard InChI is InChI=1S/C22H30N4O3S2/c1-5-6-7-8-9-19(27)26-22-23-14(2)20(31-22)17-13-30-21(25-17)24-16-12-15(28-3)10-11-18(16)29-4/h10-14,20H,5-9H2,1-4H3,(H,24,25)(H,23,26,27). The van der Waals surface area contributed by atoms with Crippen LogP contribution in [-0.4, -0.2) is 36.3 Å². The zero-order valence-electron chi connectivity index (χ0n) is 18.4. The Hall–Kier alpha value is -2.26. The number of nitrogens with one attached hydrogen (secondary N) is 2. The van der Waals surface area contributed by atoms with Crippen LogP contribution in [0.1, 0.15) is 56.9 Å². The van der Waals surface area contributed by atoms with E-state index < -0.39 is 0 Å². The molecule has 3 rings (SSSR count). The Bertz CT molecular complexity index is 916. The Morgan fingerprint density at radius 3 is 2.77 bits per heavy atom. The second-order valence-electron chi connectivity index (χ2n) is 7.34. The van der Waals surface area contributed by atoms with Gasteiger partial charge in [-0.25, -0.2) is 4.98 Å². The number of amides is 1. The van der Waals surface area contributed by atoms with E-state index in [0.717, 1.165) is 35.1 Å². The molecule has 0 saturated heterocycles. The van der Waals surface area contributed by atoms with Crippen LogP contribution in [0, 0.1) is 0 Å². The smallest absolute Gasteiger partial charge is 0.225 e. The molecule has 1 aliphatic heterocycles. The molecule has 168 valence electrons. The van der Waals surface area contributed by atoms with E-state index in [2.05, 4.69) is 29.5 Å². The maximum absolute atomic E-state index is 12.2. The van der Waals surface area contributed by atoms with Gasteiger partial charge >= 0.3 is 0 Å². The number of benzene rings is 1. The number of anilines is 2. The lowest BCUT2D eigenvalue weighted by molar-refractivity contribution is -0.119. The zero-order valence-corrected chi connectivity index (χ0v) is 20.1. The van der Waals surface area contributed by atoms with Crippen LogP contribution in [0.3, 0.4) is 0 Å². The highest BCUT2D eigenvalue weighted by Gasteiger charge is 2.31. The fourth-order valence-electron chi connectivity index (χ4n) is 3.27. The average Bonchev–Trinajstić information content (AvgIpc) is 3.37. The number of amidine groups is 1. The SMILES string of the molecule is CCCCCCC(=O)NC1=NC(C)C(c2csc(Nc3cc(OC)ccc3OC)n2)S1. The summed E-state index contributed by atoms with van der Waals surface area (Å²) in [7, 11) is 3.27. The van der Waals surface area contributed by atoms with Gasteiger partial charge < -0.3 is 20.1 Å². The van der Waals surface area contributed by atoms with E-state index >= 15 is 0 Å². The summed E-state index contributed by atoms with van der Waals surface area (Å²) in [4.78, 5) is 21.6. The summed E-state index contributed by atoms with van der Waals surface area (Å²) in [5, 5.41) is 9.85. The second-order valence-corrected chi connectivity index (χ2v) is 9.33. The zero-order chi connectivity index (χ0) is 22.2. The molecule has 1 aromatic heterocycles. The number of hydrogen-bond donors (Lipinski definition) is 2. The van der Waals surface area contributed by atoms with Crippen molar-refractivity contribution in [2.45, 2.75) is 57.2 Å². The molecule has 0 fully saturated rings. The first-order chi connectivity index (χ1) is 15.0. The van der Waals surface area contributed by atoms with E-state index in [-0.39, 0.29) is 17.2 Å². The topological polar surface area (TPSA) is 84.8 Å². The summed E-state index contributed by atoms with van der Waals surface area (Å²) in [6.07, 6.45) is 4.90. The van der Waals surface area contributed by atoms with E-state index in [4.69, 9.17) is 14.5 Å². The fourth-order valence-corrected chi connectivity index (χ4v) is 5.25. The Morgan fingerprint density at radius 1 is 1.19 bits per heavy atom. The molecule has 1 aliphatic rings. The Balaban J connectivity index is 1.59. The molecule has 2 aromatic rings. The number of ether oxygens (including phenoxy) is 2. The van der Waals surface area contributed by atoms with Gasteiger partial charge in [0.05, 0.1) is 36.9 Å². The predicted octanol–water partition coefficient (Wildman–Crippen LogP) is 5.52. The Labute approximate surface area is 192 Å². The lowest BCUT2D eigenvalue weighted by Gasteiger charge is -2.11. The fraction of sp³-hybridized carbons (Fsp3) is 0.500. The van der Waals surface area contributed by atoms with Gasteiger partial charge in [-0.3, -0.25) is 9.79 Å². The van der Waals surface area contributed by atoms with Crippen LogP contribution >= 0.6 is 23.1 Å². The number of aliphatic imine (C=N–C) groups is 1. The second kappa shape index (κ2) is 11.4. The van der Waals surface area contributed by atoms with Crippen LogP contribution in [0.4, 0.5) is 10.8 Å². The van der Waals surface area contributed by atoms with Gasteiger partial charge in [-0.2, -0.15) is 0 Å². The summed E-state index contributed by atoms with van der Waals surface area (Å²) in [5.74, 6) is 1.50. The van der Waals surface area contributed by atoms with Crippen molar-refractivity contribution in [1.29, 1.82) is 0 Å². The van der Waals surface area contributed by atoms with Crippen molar-refractivity contribution >= 4 is 45.0 Å². The third-order valence-electron chi connectivity index (χ3n) is 4.96. The van der Waals surface area contributed by atoms with E-state index in [1.54, 1.807) is 26.0 Å². The largest absolute Gasteiger partial charge is 0.497 e. The molecule has 9 heteroatoms. The molecule has 2 unspecified atom stereocenters. The van der Waals surface area contributed by atoms with Crippen molar-refractivity contribution in [2.75, 3.05) is 19.5 Å². The van der Waals surface area contributed by atoms with Gasteiger partial charge in [0.15, 0.2) is 10.3 Å². The molecule has 0 radical (unpaired) electrons. The molecule has 0 saturated carbocycles.